The van der Waals surface area contributed by atoms with E-state index in [1.165, 1.54) is 12.1 Å². The van der Waals surface area contributed by atoms with Crippen LogP contribution < -0.4 is 5.32 Å². The second-order valence-corrected chi connectivity index (χ2v) is 9.53. The molecule has 1 amide bonds. The molecular weight excluding hydrogens is 443 g/mol. The Morgan fingerprint density at radius 2 is 1.82 bits per heavy atom. The Labute approximate surface area is 190 Å². The van der Waals surface area contributed by atoms with Crippen LogP contribution in [0.4, 0.5) is 4.39 Å². The number of halogens is 1. The summed E-state index contributed by atoms with van der Waals surface area (Å²) in [6.45, 7) is 1.99. The van der Waals surface area contributed by atoms with E-state index in [9.17, 15) is 17.6 Å². The lowest BCUT2D eigenvalue weighted by Crippen LogP contribution is -2.23. The molecule has 4 rings (SSSR count). The summed E-state index contributed by atoms with van der Waals surface area (Å²) in [4.78, 5) is 25.5. The average Bonchev–Trinajstić information content (AvgIpc) is 2.81. The van der Waals surface area contributed by atoms with E-state index in [0.29, 0.717) is 34.6 Å². The Bertz CT molecular complexity index is 1470. The monoisotopic (exact) mass is 464 g/mol. The number of nitrogens with zero attached hydrogens (tertiary/aromatic N) is 3. The van der Waals surface area contributed by atoms with Gasteiger partial charge in [0.2, 0.25) is 5.95 Å². The van der Waals surface area contributed by atoms with Crippen LogP contribution in [0.2, 0.25) is 0 Å². The molecule has 0 aliphatic rings. The number of carbonyl (C=O) groups is 1. The quantitative estimate of drug-likeness (QED) is 0.436. The zero-order chi connectivity index (χ0) is 23.6. The van der Waals surface area contributed by atoms with Crippen molar-refractivity contribution in [1.29, 1.82) is 0 Å². The molecule has 0 radical (unpaired) electrons. The molecule has 7 nitrogen and oxygen atoms in total. The summed E-state index contributed by atoms with van der Waals surface area (Å²) in [5.41, 5.74) is 3.06. The lowest BCUT2D eigenvalue weighted by molar-refractivity contribution is 0.0950. The minimum atomic E-state index is -3.45. The number of pyridine rings is 3. The van der Waals surface area contributed by atoms with E-state index in [4.69, 9.17) is 0 Å². The Balaban J connectivity index is 1.55. The molecule has 0 bridgehead atoms. The fraction of sp³-hybridized carbons (Fsp3) is 0.167. The summed E-state index contributed by atoms with van der Waals surface area (Å²) >= 11 is 0. The van der Waals surface area contributed by atoms with E-state index >= 15 is 0 Å². The van der Waals surface area contributed by atoms with Crippen molar-refractivity contribution in [3.05, 3.63) is 83.6 Å². The maximum atomic E-state index is 13.5. The smallest absolute Gasteiger partial charge is 0.251 e. The first-order valence-corrected chi connectivity index (χ1v) is 12.1. The third kappa shape index (κ3) is 5.04. The summed E-state index contributed by atoms with van der Waals surface area (Å²) in [7, 11) is -3.45. The van der Waals surface area contributed by atoms with Crippen LogP contribution in [0.5, 0.6) is 0 Å². The molecule has 0 aliphatic heterocycles. The molecule has 0 fully saturated rings. The van der Waals surface area contributed by atoms with Crippen molar-refractivity contribution in [3.63, 3.8) is 0 Å². The summed E-state index contributed by atoms with van der Waals surface area (Å²) in [5, 5.41) is 3.55. The second kappa shape index (κ2) is 9.03. The number of hydrogen-bond acceptors (Lipinski definition) is 6. The molecule has 0 aliphatic carbocycles. The normalized spacial score (nSPS) is 11.5. The van der Waals surface area contributed by atoms with Gasteiger partial charge < -0.3 is 5.32 Å². The number of fused-ring (bicyclic) bond motifs is 1. The lowest BCUT2D eigenvalue weighted by atomic mass is 10.1. The van der Waals surface area contributed by atoms with Crippen LogP contribution in [-0.4, -0.2) is 35.5 Å². The van der Waals surface area contributed by atoms with Gasteiger partial charge in [0, 0.05) is 23.4 Å². The average molecular weight is 465 g/mol. The molecule has 1 N–H and O–H groups in total. The summed E-state index contributed by atoms with van der Waals surface area (Å²) in [6, 6.07) is 14.5. The van der Waals surface area contributed by atoms with Crippen LogP contribution in [0, 0.1) is 5.95 Å². The highest BCUT2D eigenvalue weighted by Gasteiger charge is 2.16. The van der Waals surface area contributed by atoms with E-state index < -0.39 is 21.7 Å². The van der Waals surface area contributed by atoms with Gasteiger partial charge in [0.25, 0.3) is 5.91 Å². The summed E-state index contributed by atoms with van der Waals surface area (Å²) in [6.07, 6.45) is 3.32. The van der Waals surface area contributed by atoms with Crippen molar-refractivity contribution in [2.75, 3.05) is 6.26 Å². The van der Waals surface area contributed by atoms with Crippen molar-refractivity contribution in [2.45, 2.75) is 24.8 Å². The second-order valence-electron chi connectivity index (χ2n) is 7.54. The molecule has 0 atom stereocenters. The van der Waals surface area contributed by atoms with Gasteiger partial charge in [0.1, 0.15) is 0 Å². The molecule has 1 aromatic carbocycles. The van der Waals surface area contributed by atoms with E-state index in [1.54, 1.807) is 42.6 Å². The third-order valence-corrected chi connectivity index (χ3v) is 6.33. The minimum Gasteiger partial charge on any atom is -0.346 e. The fourth-order valence-corrected chi connectivity index (χ4v) is 4.48. The standard InChI is InChI=1S/C24H21FN4O3S/c1-3-15-7-8-16(11-22(15)33(2,31)32)24(30)27-14-18-12-21-17(13-26-18)9-10-20(28-21)19-5-4-6-23(25)29-19/h4-13H,3,14H2,1-2H3,(H,27,30). The molecule has 33 heavy (non-hydrogen) atoms. The maximum absolute atomic E-state index is 13.5. The van der Waals surface area contributed by atoms with Crippen LogP contribution in [0.1, 0.15) is 28.5 Å². The molecule has 0 unspecified atom stereocenters. The van der Waals surface area contributed by atoms with Gasteiger partial charge in [-0.1, -0.05) is 19.1 Å². The highest BCUT2D eigenvalue weighted by atomic mass is 32.2. The van der Waals surface area contributed by atoms with Crippen molar-refractivity contribution < 1.29 is 17.6 Å². The first-order valence-electron chi connectivity index (χ1n) is 10.2. The summed E-state index contributed by atoms with van der Waals surface area (Å²) < 4.78 is 37.6. The number of aryl methyl sites for hydroxylation is 1. The predicted molar refractivity (Wildman–Crippen MR) is 123 cm³/mol. The number of benzene rings is 1. The van der Waals surface area contributed by atoms with Gasteiger partial charge in [-0.2, -0.15) is 4.39 Å². The van der Waals surface area contributed by atoms with Gasteiger partial charge in [-0.05, 0) is 54.4 Å². The molecule has 3 heterocycles. The van der Waals surface area contributed by atoms with Gasteiger partial charge in [0.15, 0.2) is 9.84 Å². The van der Waals surface area contributed by atoms with Crippen molar-refractivity contribution in [1.82, 2.24) is 20.3 Å². The molecular formula is C24H21FN4O3S. The number of rotatable bonds is 6. The van der Waals surface area contributed by atoms with Crippen LogP contribution in [0.3, 0.4) is 0 Å². The number of sulfone groups is 1. The van der Waals surface area contributed by atoms with Gasteiger partial charge in [-0.3, -0.25) is 9.78 Å². The summed E-state index contributed by atoms with van der Waals surface area (Å²) in [5.74, 6) is -0.992. The van der Waals surface area contributed by atoms with E-state index in [-0.39, 0.29) is 17.0 Å². The predicted octanol–water partition coefficient (Wildman–Crippen LogP) is 3.73. The number of nitrogens with one attached hydrogen (secondary N) is 1. The maximum Gasteiger partial charge on any atom is 0.251 e. The minimum absolute atomic E-state index is 0.128. The molecule has 9 heteroatoms. The van der Waals surface area contributed by atoms with Crippen molar-refractivity contribution in [2.24, 2.45) is 0 Å². The number of aromatic nitrogens is 3. The van der Waals surface area contributed by atoms with Gasteiger partial charge in [-0.25, -0.2) is 18.4 Å². The van der Waals surface area contributed by atoms with Gasteiger partial charge in [0.05, 0.1) is 34.0 Å². The Hall–Kier alpha value is -3.72. The SMILES string of the molecule is CCc1ccc(C(=O)NCc2cc3nc(-c4cccc(F)n4)ccc3cn2)cc1S(C)(=O)=O. The number of amides is 1. The van der Waals surface area contributed by atoms with Crippen LogP contribution in [0.15, 0.2) is 65.7 Å². The van der Waals surface area contributed by atoms with Crippen LogP contribution >= 0.6 is 0 Å². The molecule has 3 aromatic heterocycles. The number of hydrogen-bond donors (Lipinski definition) is 1. The van der Waals surface area contributed by atoms with Crippen LogP contribution in [-0.2, 0) is 22.8 Å². The highest BCUT2D eigenvalue weighted by Crippen LogP contribution is 2.21. The fourth-order valence-electron chi connectivity index (χ4n) is 3.45. The molecule has 0 saturated heterocycles. The molecule has 0 saturated carbocycles. The van der Waals surface area contributed by atoms with Crippen molar-refractivity contribution in [3.8, 4) is 11.4 Å². The zero-order valence-electron chi connectivity index (χ0n) is 18.0. The molecule has 168 valence electrons. The molecule has 4 aromatic rings. The van der Waals surface area contributed by atoms with Crippen LogP contribution in [0.25, 0.3) is 22.3 Å². The Kier molecular flexibility index (Phi) is 6.15. The van der Waals surface area contributed by atoms with Crippen molar-refractivity contribution >= 4 is 26.6 Å². The largest absolute Gasteiger partial charge is 0.346 e. The van der Waals surface area contributed by atoms with Gasteiger partial charge in [-0.15, -0.1) is 0 Å². The Morgan fingerprint density at radius 1 is 1.03 bits per heavy atom. The third-order valence-electron chi connectivity index (χ3n) is 5.15. The zero-order valence-corrected chi connectivity index (χ0v) is 18.9. The lowest BCUT2D eigenvalue weighted by Gasteiger charge is -2.10. The number of carbonyl (C=O) groups excluding carboxylic acids is 1. The molecule has 0 spiro atoms. The Morgan fingerprint density at radius 3 is 2.55 bits per heavy atom. The van der Waals surface area contributed by atoms with E-state index in [0.717, 1.165) is 11.6 Å². The highest BCUT2D eigenvalue weighted by molar-refractivity contribution is 7.90. The first kappa shape index (κ1) is 22.5. The first-order chi connectivity index (χ1) is 15.7. The topological polar surface area (TPSA) is 102 Å². The van der Waals surface area contributed by atoms with Gasteiger partial charge >= 0.3 is 0 Å². The van der Waals surface area contributed by atoms with E-state index in [1.807, 2.05) is 13.0 Å². The van der Waals surface area contributed by atoms with E-state index in [2.05, 4.69) is 20.3 Å².